The smallest absolute Gasteiger partial charge is 0.254 e. The summed E-state index contributed by atoms with van der Waals surface area (Å²) in [7, 11) is 0. The Bertz CT molecular complexity index is 1140. The quantitative estimate of drug-likeness (QED) is 0.400. The molecule has 2 amide bonds. The van der Waals surface area contributed by atoms with Gasteiger partial charge in [0.05, 0.1) is 6.04 Å². The van der Waals surface area contributed by atoms with Crippen molar-refractivity contribution in [2.75, 3.05) is 19.6 Å². The summed E-state index contributed by atoms with van der Waals surface area (Å²) in [5.41, 5.74) is 5.45. The summed E-state index contributed by atoms with van der Waals surface area (Å²) in [4.78, 5) is 31.9. The van der Waals surface area contributed by atoms with Crippen LogP contribution < -0.4 is 0 Å². The molecule has 4 rings (SSSR count). The molecule has 5 heteroatoms. The van der Waals surface area contributed by atoms with Gasteiger partial charge in [-0.2, -0.15) is 0 Å². The van der Waals surface area contributed by atoms with Gasteiger partial charge in [-0.05, 0) is 78.9 Å². The minimum absolute atomic E-state index is 0.000121. The Hall–Kier alpha value is -2.92. The fourth-order valence-electron chi connectivity index (χ4n) is 4.77. The Morgan fingerprint density at radius 2 is 1.79 bits per heavy atom. The Labute approximate surface area is 207 Å². The number of likely N-dealkylation sites (N-methyl/N-ethyl adjacent to an activating group) is 1. The SMILES string of the molecule is CCCCc1ccc(C(=O)N(CC)CC(=O)N2CCc3sccc3[C@@H]2c2ccccc2C)cc1. The van der Waals surface area contributed by atoms with E-state index in [2.05, 4.69) is 37.4 Å². The monoisotopic (exact) mass is 474 g/mol. The zero-order chi connectivity index (χ0) is 24.1. The lowest BCUT2D eigenvalue weighted by Crippen LogP contribution is -2.46. The lowest BCUT2D eigenvalue weighted by molar-refractivity contribution is -0.134. The number of amides is 2. The minimum Gasteiger partial charge on any atom is -0.330 e. The molecule has 4 nitrogen and oxygen atoms in total. The fraction of sp³-hybridized carbons (Fsp3) is 0.379. The van der Waals surface area contributed by atoms with E-state index < -0.39 is 0 Å². The van der Waals surface area contributed by atoms with Gasteiger partial charge in [-0.25, -0.2) is 0 Å². The number of benzene rings is 2. The molecule has 0 radical (unpaired) electrons. The molecular weight excluding hydrogens is 440 g/mol. The van der Waals surface area contributed by atoms with Crippen LogP contribution in [0.4, 0.5) is 0 Å². The van der Waals surface area contributed by atoms with Crippen molar-refractivity contribution < 1.29 is 9.59 Å². The van der Waals surface area contributed by atoms with Crippen LogP contribution in [0, 0.1) is 6.92 Å². The molecule has 0 aliphatic carbocycles. The summed E-state index contributed by atoms with van der Waals surface area (Å²) in [5, 5.41) is 2.12. The van der Waals surface area contributed by atoms with Gasteiger partial charge in [-0.1, -0.05) is 49.7 Å². The zero-order valence-electron chi connectivity index (χ0n) is 20.4. The predicted molar refractivity (Wildman–Crippen MR) is 139 cm³/mol. The molecule has 0 bridgehead atoms. The van der Waals surface area contributed by atoms with Gasteiger partial charge < -0.3 is 9.80 Å². The molecule has 178 valence electrons. The number of aryl methyl sites for hydroxylation is 2. The lowest BCUT2D eigenvalue weighted by Gasteiger charge is -2.38. The van der Waals surface area contributed by atoms with Crippen LogP contribution in [-0.2, 0) is 17.6 Å². The van der Waals surface area contributed by atoms with Crippen LogP contribution in [0.5, 0.6) is 0 Å². The second kappa shape index (κ2) is 11.0. The van der Waals surface area contributed by atoms with Crippen LogP contribution in [0.15, 0.2) is 60.0 Å². The Morgan fingerprint density at radius 1 is 1.03 bits per heavy atom. The second-order valence-electron chi connectivity index (χ2n) is 9.02. The first-order chi connectivity index (χ1) is 16.5. The molecule has 0 saturated heterocycles. The van der Waals surface area contributed by atoms with E-state index in [0.717, 1.165) is 31.2 Å². The van der Waals surface area contributed by atoms with E-state index in [9.17, 15) is 9.59 Å². The van der Waals surface area contributed by atoms with Gasteiger partial charge in [-0.15, -0.1) is 11.3 Å². The molecule has 1 aliphatic heterocycles. The number of hydrogen-bond donors (Lipinski definition) is 0. The third-order valence-electron chi connectivity index (χ3n) is 6.78. The van der Waals surface area contributed by atoms with Gasteiger partial charge in [0.2, 0.25) is 5.91 Å². The van der Waals surface area contributed by atoms with Crippen molar-refractivity contribution in [2.24, 2.45) is 0 Å². The average Bonchev–Trinajstić information content (AvgIpc) is 3.35. The highest BCUT2D eigenvalue weighted by molar-refractivity contribution is 7.10. The van der Waals surface area contributed by atoms with Crippen molar-refractivity contribution in [1.29, 1.82) is 0 Å². The first-order valence-corrected chi connectivity index (χ1v) is 13.2. The number of hydrogen-bond acceptors (Lipinski definition) is 3. The molecule has 1 aliphatic rings. The maximum atomic E-state index is 13.6. The van der Waals surface area contributed by atoms with Crippen molar-refractivity contribution in [3.8, 4) is 0 Å². The number of thiophene rings is 1. The molecule has 0 saturated carbocycles. The number of unbranched alkanes of at least 4 members (excludes halogenated alkanes) is 1. The fourth-order valence-corrected chi connectivity index (χ4v) is 5.68. The van der Waals surface area contributed by atoms with Gasteiger partial charge in [0.15, 0.2) is 0 Å². The van der Waals surface area contributed by atoms with Crippen LogP contribution in [0.2, 0.25) is 0 Å². The normalized spacial score (nSPS) is 15.1. The summed E-state index contributed by atoms with van der Waals surface area (Å²) >= 11 is 1.77. The van der Waals surface area contributed by atoms with Gasteiger partial charge in [0, 0.05) is 23.5 Å². The van der Waals surface area contributed by atoms with Crippen LogP contribution >= 0.6 is 11.3 Å². The van der Waals surface area contributed by atoms with E-state index in [-0.39, 0.29) is 24.4 Å². The van der Waals surface area contributed by atoms with Crippen molar-refractivity contribution in [1.82, 2.24) is 9.80 Å². The maximum absolute atomic E-state index is 13.6. The summed E-state index contributed by atoms with van der Waals surface area (Å²) in [6, 6.07) is 18.2. The molecule has 1 aromatic heterocycles. The van der Waals surface area contributed by atoms with E-state index in [1.807, 2.05) is 48.2 Å². The Balaban J connectivity index is 1.54. The Kier molecular flexibility index (Phi) is 7.84. The first-order valence-electron chi connectivity index (χ1n) is 12.3. The molecule has 0 fully saturated rings. The van der Waals surface area contributed by atoms with Crippen LogP contribution in [0.3, 0.4) is 0 Å². The summed E-state index contributed by atoms with van der Waals surface area (Å²) in [5.74, 6) is -0.0848. The molecular formula is C29H34N2O2S. The molecule has 2 heterocycles. The lowest BCUT2D eigenvalue weighted by atomic mass is 9.90. The largest absolute Gasteiger partial charge is 0.330 e. The van der Waals surface area contributed by atoms with E-state index in [4.69, 9.17) is 0 Å². The highest BCUT2D eigenvalue weighted by Gasteiger charge is 2.34. The van der Waals surface area contributed by atoms with Crippen molar-refractivity contribution in [2.45, 2.75) is 52.5 Å². The number of carbonyl (C=O) groups is 2. The Morgan fingerprint density at radius 3 is 2.50 bits per heavy atom. The van der Waals surface area contributed by atoms with Gasteiger partial charge in [0.25, 0.3) is 5.91 Å². The van der Waals surface area contributed by atoms with Crippen molar-refractivity contribution in [3.63, 3.8) is 0 Å². The molecule has 34 heavy (non-hydrogen) atoms. The minimum atomic E-state index is -0.102. The summed E-state index contributed by atoms with van der Waals surface area (Å²) in [6.45, 7) is 7.48. The maximum Gasteiger partial charge on any atom is 0.254 e. The van der Waals surface area contributed by atoms with E-state index >= 15 is 0 Å². The summed E-state index contributed by atoms with van der Waals surface area (Å²) in [6.07, 6.45) is 4.19. The van der Waals surface area contributed by atoms with Crippen molar-refractivity contribution >= 4 is 23.2 Å². The van der Waals surface area contributed by atoms with Gasteiger partial charge in [-0.3, -0.25) is 9.59 Å². The number of nitrogens with zero attached hydrogens (tertiary/aromatic N) is 2. The molecule has 3 aromatic rings. The second-order valence-corrected chi connectivity index (χ2v) is 10.0. The number of fused-ring (bicyclic) bond motifs is 1. The predicted octanol–water partition coefficient (Wildman–Crippen LogP) is 6.04. The molecule has 0 spiro atoms. The zero-order valence-corrected chi connectivity index (χ0v) is 21.2. The molecule has 0 unspecified atom stereocenters. The molecule has 2 aromatic carbocycles. The third kappa shape index (κ3) is 5.10. The molecule has 0 N–H and O–H groups in total. The van der Waals surface area contributed by atoms with Crippen molar-refractivity contribution in [3.05, 3.63) is 92.7 Å². The standard InChI is InChI=1S/C29H34N2O2S/c1-4-6-10-22-12-14-23(15-13-22)29(33)30(5-2)20-27(32)31-18-16-26-25(17-19-34-26)28(31)24-11-8-7-9-21(24)3/h7-9,11-15,17,19,28H,4-6,10,16,18,20H2,1-3H3/t28-/m0/s1. The number of rotatable bonds is 8. The summed E-state index contributed by atoms with van der Waals surface area (Å²) < 4.78 is 0. The highest BCUT2D eigenvalue weighted by atomic mass is 32.1. The van der Waals surface area contributed by atoms with E-state index in [1.54, 1.807) is 16.2 Å². The van der Waals surface area contributed by atoms with Gasteiger partial charge in [0.1, 0.15) is 6.54 Å². The van der Waals surface area contributed by atoms with Crippen LogP contribution in [-0.4, -0.2) is 41.2 Å². The third-order valence-corrected chi connectivity index (χ3v) is 7.78. The highest BCUT2D eigenvalue weighted by Crippen LogP contribution is 2.39. The van der Waals surface area contributed by atoms with Gasteiger partial charge >= 0.3 is 0 Å². The van der Waals surface area contributed by atoms with Crippen LogP contribution in [0.25, 0.3) is 0 Å². The van der Waals surface area contributed by atoms with E-state index in [1.165, 1.54) is 21.6 Å². The van der Waals surface area contributed by atoms with Crippen LogP contribution in [0.1, 0.15) is 70.2 Å². The topological polar surface area (TPSA) is 40.6 Å². The van der Waals surface area contributed by atoms with E-state index in [0.29, 0.717) is 18.7 Å². The average molecular weight is 475 g/mol. The first kappa shape index (κ1) is 24.2. The number of carbonyl (C=O) groups excluding carboxylic acids is 2. The molecule has 1 atom stereocenters.